The van der Waals surface area contributed by atoms with Crippen LogP contribution in [0.5, 0.6) is 0 Å². The molecule has 0 fully saturated rings. The summed E-state index contributed by atoms with van der Waals surface area (Å²) in [5, 5.41) is 20.1. The van der Waals surface area contributed by atoms with Crippen LogP contribution in [0.1, 0.15) is 6.42 Å². The highest BCUT2D eigenvalue weighted by Gasteiger charge is 2.12. The van der Waals surface area contributed by atoms with E-state index in [1.54, 1.807) is 6.20 Å². The normalized spacial score (nSPS) is 11.0. The first kappa shape index (κ1) is 14.6. The molecule has 7 nitrogen and oxygen atoms in total. The molecule has 0 unspecified atom stereocenters. The Bertz CT molecular complexity index is 790. The molecule has 0 aliphatic heterocycles. The van der Waals surface area contributed by atoms with Crippen molar-refractivity contribution in [1.82, 2.24) is 20.2 Å². The van der Waals surface area contributed by atoms with Crippen molar-refractivity contribution in [2.24, 2.45) is 0 Å². The zero-order valence-corrected chi connectivity index (χ0v) is 12.4. The standard InChI is InChI=1S/C14H15ClN6O/c15-9-6-8(10-2-4-18-21-10)7-11-12(9)13(17-3-1-5-22)20-14(16)19-11/h2,4,6-7,22H,1,3,5H2,(H,18,21)(H3,16,17,19,20). The van der Waals surface area contributed by atoms with Gasteiger partial charge in [-0.25, -0.2) is 4.98 Å². The number of benzene rings is 1. The molecule has 0 atom stereocenters. The predicted molar refractivity (Wildman–Crippen MR) is 86.7 cm³/mol. The number of nitrogens with one attached hydrogen (secondary N) is 2. The number of rotatable bonds is 5. The number of aromatic nitrogens is 4. The minimum Gasteiger partial charge on any atom is -0.396 e. The summed E-state index contributed by atoms with van der Waals surface area (Å²) in [6, 6.07) is 5.56. The number of halogens is 1. The molecule has 114 valence electrons. The van der Waals surface area contributed by atoms with Gasteiger partial charge in [-0.05, 0) is 24.6 Å². The molecule has 2 aromatic heterocycles. The molecule has 8 heteroatoms. The number of anilines is 2. The summed E-state index contributed by atoms with van der Waals surface area (Å²) in [5.74, 6) is 0.730. The molecule has 0 radical (unpaired) electrons. The van der Waals surface area contributed by atoms with Crippen molar-refractivity contribution >= 4 is 34.3 Å². The molecule has 0 saturated carbocycles. The number of nitrogens with zero attached hydrogens (tertiary/aromatic N) is 3. The zero-order valence-electron chi connectivity index (χ0n) is 11.7. The number of nitrogens with two attached hydrogens (primary N) is 1. The van der Waals surface area contributed by atoms with E-state index in [-0.39, 0.29) is 12.6 Å². The van der Waals surface area contributed by atoms with Crippen LogP contribution in [0.3, 0.4) is 0 Å². The van der Waals surface area contributed by atoms with Crippen molar-refractivity contribution in [3.63, 3.8) is 0 Å². The van der Waals surface area contributed by atoms with Gasteiger partial charge in [0, 0.05) is 24.9 Å². The molecule has 0 aliphatic rings. The summed E-state index contributed by atoms with van der Waals surface area (Å²) in [5.41, 5.74) is 8.14. The number of aromatic amines is 1. The Morgan fingerprint density at radius 2 is 2.18 bits per heavy atom. The van der Waals surface area contributed by atoms with Gasteiger partial charge < -0.3 is 16.2 Å². The summed E-state index contributed by atoms with van der Waals surface area (Å²) in [7, 11) is 0. The van der Waals surface area contributed by atoms with Gasteiger partial charge in [0.1, 0.15) is 5.82 Å². The van der Waals surface area contributed by atoms with Gasteiger partial charge in [0.25, 0.3) is 0 Å². The van der Waals surface area contributed by atoms with Crippen LogP contribution in [0.4, 0.5) is 11.8 Å². The highest BCUT2D eigenvalue weighted by Crippen LogP contribution is 2.33. The molecule has 0 spiro atoms. The van der Waals surface area contributed by atoms with E-state index in [4.69, 9.17) is 22.4 Å². The van der Waals surface area contributed by atoms with Gasteiger partial charge >= 0.3 is 0 Å². The highest BCUT2D eigenvalue weighted by atomic mass is 35.5. The highest BCUT2D eigenvalue weighted by molar-refractivity contribution is 6.36. The zero-order chi connectivity index (χ0) is 15.5. The van der Waals surface area contributed by atoms with E-state index in [0.717, 1.165) is 11.3 Å². The second-order valence-corrected chi connectivity index (χ2v) is 5.16. The monoisotopic (exact) mass is 318 g/mol. The fourth-order valence-electron chi connectivity index (χ4n) is 2.22. The lowest BCUT2D eigenvalue weighted by molar-refractivity contribution is 0.292. The second kappa shape index (κ2) is 6.17. The summed E-state index contributed by atoms with van der Waals surface area (Å²) >= 11 is 6.40. The maximum Gasteiger partial charge on any atom is 0.222 e. The third-order valence-corrected chi connectivity index (χ3v) is 3.50. The van der Waals surface area contributed by atoms with Crippen molar-refractivity contribution in [3.05, 3.63) is 29.4 Å². The van der Waals surface area contributed by atoms with Crippen molar-refractivity contribution in [3.8, 4) is 11.3 Å². The lowest BCUT2D eigenvalue weighted by Gasteiger charge is -2.11. The van der Waals surface area contributed by atoms with Gasteiger partial charge in [0.2, 0.25) is 5.95 Å². The van der Waals surface area contributed by atoms with Crippen LogP contribution in [-0.4, -0.2) is 38.4 Å². The van der Waals surface area contributed by atoms with Crippen molar-refractivity contribution in [1.29, 1.82) is 0 Å². The van der Waals surface area contributed by atoms with Crippen LogP contribution >= 0.6 is 11.6 Å². The number of aliphatic hydroxyl groups excluding tert-OH is 1. The maximum absolute atomic E-state index is 8.88. The minimum atomic E-state index is 0.100. The summed E-state index contributed by atoms with van der Waals surface area (Å²) < 4.78 is 0. The van der Waals surface area contributed by atoms with Crippen LogP contribution in [0.2, 0.25) is 5.02 Å². The summed E-state index contributed by atoms with van der Waals surface area (Å²) in [4.78, 5) is 8.45. The van der Waals surface area contributed by atoms with Gasteiger partial charge in [-0.15, -0.1) is 0 Å². The Hall–Kier alpha value is -2.38. The van der Waals surface area contributed by atoms with E-state index in [0.29, 0.717) is 34.7 Å². The molecular weight excluding hydrogens is 304 g/mol. The van der Waals surface area contributed by atoms with Crippen LogP contribution < -0.4 is 11.1 Å². The summed E-state index contributed by atoms with van der Waals surface area (Å²) in [6.07, 6.45) is 2.28. The van der Waals surface area contributed by atoms with E-state index in [1.807, 2.05) is 18.2 Å². The summed E-state index contributed by atoms with van der Waals surface area (Å²) in [6.45, 7) is 0.671. The van der Waals surface area contributed by atoms with Gasteiger partial charge in [0.15, 0.2) is 0 Å². The Balaban J connectivity index is 2.10. The number of H-pyrrole nitrogens is 1. The molecule has 2 heterocycles. The lowest BCUT2D eigenvalue weighted by Crippen LogP contribution is -2.08. The number of nitrogen functional groups attached to an aromatic ring is 1. The van der Waals surface area contributed by atoms with Crippen LogP contribution in [0, 0.1) is 0 Å². The van der Waals surface area contributed by atoms with Crippen LogP contribution in [0.25, 0.3) is 22.2 Å². The molecule has 5 N–H and O–H groups in total. The van der Waals surface area contributed by atoms with Crippen LogP contribution in [-0.2, 0) is 0 Å². The van der Waals surface area contributed by atoms with E-state index in [1.165, 1.54) is 0 Å². The second-order valence-electron chi connectivity index (χ2n) is 4.76. The fourth-order valence-corrected chi connectivity index (χ4v) is 2.52. The van der Waals surface area contributed by atoms with E-state index in [9.17, 15) is 0 Å². The third kappa shape index (κ3) is 2.81. The molecule has 0 bridgehead atoms. The molecule has 0 aliphatic carbocycles. The van der Waals surface area contributed by atoms with Gasteiger partial charge in [-0.3, -0.25) is 5.10 Å². The smallest absolute Gasteiger partial charge is 0.222 e. The molecule has 3 rings (SSSR count). The van der Waals surface area contributed by atoms with Crippen molar-refractivity contribution in [2.75, 3.05) is 24.2 Å². The topological polar surface area (TPSA) is 113 Å². The van der Waals surface area contributed by atoms with Crippen molar-refractivity contribution in [2.45, 2.75) is 6.42 Å². The third-order valence-electron chi connectivity index (χ3n) is 3.21. The quantitative estimate of drug-likeness (QED) is 0.535. The number of hydrogen-bond donors (Lipinski definition) is 4. The van der Waals surface area contributed by atoms with Gasteiger partial charge in [-0.1, -0.05) is 11.6 Å². The molecule has 22 heavy (non-hydrogen) atoms. The Labute approximate surface area is 131 Å². The van der Waals surface area contributed by atoms with Gasteiger partial charge in [-0.2, -0.15) is 10.1 Å². The van der Waals surface area contributed by atoms with Gasteiger partial charge in [0.05, 0.1) is 21.6 Å². The average Bonchev–Trinajstić information content (AvgIpc) is 3.00. The van der Waals surface area contributed by atoms with Crippen LogP contribution in [0.15, 0.2) is 24.4 Å². The predicted octanol–water partition coefficient (Wildman–Crippen LogP) is 2.05. The fraction of sp³-hybridized carbons (Fsp3) is 0.214. The molecule has 0 saturated heterocycles. The number of aliphatic hydroxyl groups is 1. The Kier molecular flexibility index (Phi) is 4.08. The molecule has 0 amide bonds. The minimum absolute atomic E-state index is 0.100. The molecule has 1 aromatic carbocycles. The SMILES string of the molecule is Nc1nc(NCCCO)c2c(Cl)cc(-c3ccn[nH]3)cc2n1. The van der Waals surface area contributed by atoms with E-state index >= 15 is 0 Å². The first-order valence-corrected chi connectivity index (χ1v) is 7.18. The molecule has 3 aromatic rings. The Morgan fingerprint density at radius 1 is 1.32 bits per heavy atom. The van der Waals surface area contributed by atoms with E-state index in [2.05, 4.69) is 25.5 Å². The largest absolute Gasteiger partial charge is 0.396 e. The first-order valence-electron chi connectivity index (χ1n) is 6.80. The average molecular weight is 319 g/mol. The maximum atomic E-state index is 8.88. The first-order chi connectivity index (χ1) is 10.7. The molecular formula is C14H15ClN6O. The van der Waals surface area contributed by atoms with E-state index < -0.39 is 0 Å². The number of fused-ring (bicyclic) bond motifs is 1. The Morgan fingerprint density at radius 3 is 2.91 bits per heavy atom. The lowest BCUT2D eigenvalue weighted by atomic mass is 10.1. The number of hydrogen-bond acceptors (Lipinski definition) is 6. The van der Waals surface area contributed by atoms with Crippen molar-refractivity contribution < 1.29 is 5.11 Å².